The molecule has 2 amide bonds. The normalized spacial score (nSPS) is 17.6. The number of hydrogen-bond donors (Lipinski definition) is 1. The van der Waals surface area contributed by atoms with E-state index in [0.717, 1.165) is 87.0 Å². The Morgan fingerprint density at radius 1 is 0.864 bits per heavy atom. The van der Waals surface area contributed by atoms with Gasteiger partial charge in [-0.3, -0.25) is 14.5 Å². The minimum absolute atomic E-state index is 0.0368. The second-order valence-corrected chi connectivity index (χ2v) is 11.9. The van der Waals surface area contributed by atoms with Gasteiger partial charge in [-0.15, -0.1) is 0 Å². The first-order valence-corrected chi connectivity index (χ1v) is 15.7. The summed E-state index contributed by atoms with van der Waals surface area (Å²) in [5.74, 6) is -0.182. The van der Waals surface area contributed by atoms with Crippen molar-refractivity contribution in [2.75, 3.05) is 68.2 Å². The predicted octanol–water partition coefficient (Wildman–Crippen LogP) is 5.58. The van der Waals surface area contributed by atoms with Crippen molar-refractivity contribution in [1.29, 1.82) is 0 Å². The van der Waals surface area contributed by atoms with Crippen LogP contribution in [0.4, 0.5) is 17.1 Å². The van der Waals surface area contributed by atoms with E-state index in [-0.39, 0.29) is 11.8 Å². The van der Waals surface area contributed by atoms with Gasteiger partial charge in [-0.05, 0) is 91.0 Å². The molecule has 3 aromatic rings. The van der Waals surface area contributed by atoms with Crippen LogP contribution < -0.4 is 15.1 Å². The largest absolute Gasteiger partial charge is 0.381 e. The molecule has 2 saturated heterocycles. The number of carbonyl (C=O) groups is 2. The third-order valence-electron chi connectivity index (χ3n) is 8.96. The number of hydrogen-bond acceptors (Lipinski definition) is 6. The summed E-state index contributed by atoms with van der Waals surface area (Å²) in [6.45, 7) is 7.84. The van der Waals surface area contributed by atoms with E-state index >= 15 is 0 Å². The number of anilines is 3. The van der Waals surface area contributed by atoms with E-state index in [0.29, 0.717) is 24.6 Å². The van der Waals surface area contributed by atoms with E-state index < -0.39 is 0 Å². The highest BCUT2D eigenvalue weighted by molar-refractivity contribution is 6.08. The highest BCUT2D eigenvalue weighted by Gasteiger charge is 2.23. The van der Waals surface area contributed by atoms with Crippen LogP contribution in [0, 0.1) is 0 Å². The van der Waals surface area contributed by atoms with Gasteiger partial charge in [-0.25, -0.2) is 0 Å². The molecule has 0 bridgehead atoms. The molecule has 0 saturated carbocycles. The van der Waals surface area contributed by atoms with E-state index in [1.165, 1.54) is 11.3 Å². The molecule has 0 unspecified atom stereocenters. The van der Waals surface area contributed by atoms with E-state index in [9.17, 15) is 9.59 Å². The van der Waals surface area contributed by atoms with Crippen molar-refractivity contribution in [2.24, 2.45) is 0 Å². The van der Waals surface area contributed by atoms with Crippen LogP contribution in [-0.4, -0.2) is 75.9 Å². The summed E-state index contributed by atoms with van der Waals surface area (Å²) in [5, 5.41) is 3.09. The molecule has 6 rings (SSSR count). The Morgan fingerprint density at radius 3 is 2.25 bits per heavy atom. The smallest absolute Gasteiger partial charge is 0.251 e. The summed E-state index contributed by atoms with van der Waals surface area (Å²) in [5.41, 5.74) is 7.63. The van der Waals surface area contributed by atoms with Crippen molar-refractivity contribution in [3.63, 3.8) is 0 Å². The van der Waals surface area contributed by atoms with Crippen LogP contribution >= 0.6 is 0 Å². The number of carbonyl (C=O) groups excluding carboxylic acids is 2. The standard InChI is InChI=1S/C36H42N4O4/c1-26(41)40-16-13-30(36(42)37-32-8-3-27(4-9-32)25-38(2)33-14-19-43-20-15-33)24-31-23-29(7-12-35(31)40)28-5-10-34(11-6-28)39-17-21-44-22-18-39/h3-12,23-24,33H,13-22,25H2,1-2H3,(H,37,42). The summed E-state index contributed by atoms with van der Waals surface area (Å²) in [4.78, 5) is 32.6. The molecule has 44 heavy (non-hydrogen) atoms. The number of rotatable bonds is 7. The first-order chi connectivity index (χ1) is 21.4. The molecular formula is C36H42N4O4. The van der Waals surface area contributed by atoms with Crippen LogP contribution in [-0.2, 0) is 25.6 Å². The Morgan fingerprint density at radius 2 is 1.55 bits per heavy atom. The summed E-state index contributed by atoms with van der Waals surface area (Å²) >= 11 is 0. The second-order valence-electron chi connectivity index (χ2n) is 11.9. The Hall–Kier alpha value is -3.98. The van der Waals surface area contributed by atoms with Crippen LogP contribution in [0.15, 0.2) is 72.3 Å². The van der Waals surface area contributed by atoms with E-state index in [1.54, 1.807) is 11.8 Å². The van der Waals surface area contributed by atoms with Gasteiger partial charge in [-0.2, -0.15) is 0 Å². The Balaban J connectivity index is 1.17. The molecule has 0 spiro atoms. The molecular weight excluding hydrogens is 552 g/mol. The van der Waals surface area contributed by atoms with Crippen LogP contribution in [0.2, 0.25) is 0 Å². The highest BCUT2D eigenvalue weighted by atomic mass is 16.5. The number of nitrogens with zero attached hydrogens (tertiary/aromatic N) is 3. The minimum atomic E-state index is -0.145. The van der Waals surface area contributed by atoms with E-state index in [1.807, 2.05) is 24.3 Å². The van der Waals surface area contributed by atoms with Gasteiger partial charge in [0, 0.05) is 69.3 Å². The third kappa shape index (κ3) is 7.04. The zero-order valence-corrected chi connectivity index (χ0v) is 25.8. The lowest BCUT2D eigenvalue weighted by molar-refractivity contribution is -0.117. The molecule has 230 valence electrons. The summed E-state index contributed by atoms with van der Waals surface area (Å²) < 4.78 is 11.0. The molecule has 3 aliphatic rings. The van der Waals surface area contributed by atoms with Gasteiger partial charge in [0.25, 0.3) is 5.91 Å². The fourth-order valence-corrected chi connectivity index (χ4v) is 6.35. The van der Waals surface area contributed by atoms with Crippen molar-refractivity contribution in [3.8, 4) is 11.1 Å². The maximum absolute atomic E-state index is 13.5. The molecule has 3 aliphatic heterocycles. The van der Waals surface area contributed by atoms with Crippen molar-refractivity contribution < 1.29 is 19.1 Å². The molecule has 0 radical (unpaired) electrons. The van der Waals surface area contributed by atoms with Gasteiger partial charge in [0.1, 0.15) is 0 Å². The van der Waals surface area contributed by atoms with Crippen LogP contribution in [0.1, 0.15) is 37.3 Å². The van der Waals surface area contributed by atoms with E-state index in [2.05, 4.69) is 70.7 Å². The zero-order valence-electron chi connectivity index (χ0n) is 25.8. The Kier molecular flexibility index (Phi) is 9.40. The summed E-state index contributed by atoms with van der Waals surface area (Å²) in [7, 11) is 2.16. The Bertz CT molecular complexity index is 1490. The lowest BCUT2D eigenvalue weighted by Gasteiger charge is -2.31. The fourth-order valence-electron chi connectivity index (χ4n) is 6.35. The molecule has 0 aliphatic carbocycles. The van der Waals surface area contributed by atoms with Gasteiger partial charge in [0.2, 0.25) is 5.91 Å². The molecule has 3 heterocycles. The van der Waals surface area contributed by atoms with Gasteiger partial charge in [0.15, 0.2) is 0 Å². The van der Waals surface area contributed by atoms with Crippen LogP contribution in [0.3, 0.4) is 0 Å². The summed E-state index contributed by atoms with van der Waals surface area (Å²) in [6.07, 6.45) is 4.54. The van der Waals surface area contributed by atoms with Crippen molar-refractivity contribution in [2.45, 2.75) is 38.8 Å². The number of amides is 2. The SMILES string of the molecule is CC(=O)N1CCC(C(=O)Nc2ccc(CN(C)C3CCOCC3)cc2)=Cc2cc(-c3ccc(N4CCOCC4)cc3)ccc21. The average Bonchev–Trinajstić information content (AvgIpc) is 3.26. The number of nitrogens with one attached hydrogen (secondary N) is 1. The molecule has 2 fully saturated rings. The molecule has 1 N–H and O–H groups in total. The van der Waals surface area contributed by atoms with Crippen LogP contribution in [0.5, 0.6) is 0 Å². The quantitative estimate of drug-likeness (QED) is 0.385. The van der Waals surface area contributed by atoms with E-state index in [4.69, 9.17) is 9.47 Å². The average molecular weight is 595 g/mol. The fraction of sp³-hybridized carbons (Fsp3) is 0.389. The van der Waals surface area contributed by atoms with Gasteiger partial charge in [-0.1, -0.05) is 30.3 Å². The molecule has 8 nitrogen and oxygen atoms in total. The third-order valence-corrected chi connectivity index (χ3v) is 8.96. The topological polar surface area (TPSA) is 74.4 Å². The number of ether oxygens (including phenoxy) is 2. The van der Waals surface area contributed by atoms with Crippen LogP contribution in [0.25, 0.3) is 17.2 Å². The summed E-state index contributed by atoms with van der Waals surface area (Å²) in [6, 6.07) is 23.3. The molecule has 0 atom stereocenters. The maximum Gasteiger partial charge on any atom is 0.251 e. The van der Waals surface area contributed by atoms with Crippen molar-refractivity contribution >= 4 is 35.0 Å². The lowest BCUT2D eigenvalue weighted by Crippen LogP contribution is -2.36. The first-order valence-electron chi connectivity index (χ1n) is 15.7. The van der Waals surface area contributed by atoms with Gasteiger partial charge >= 0.3 is 0 Å². The maximum atomic E-state index is 13.5. The van der Waals surface area contributed by atoms with Gasteiger partial charge in [0.05, 0.1) is 18.9 Å². The second kappa shape index (κ2) is 13.8. The molecule has 0 aromatic heterocycles. The monoisotopic (exact) mass is 594 g/mol. The number of morpholine rings is 1. The number of benzene rings is 3. The predicted molar refractivity (Wildman–Crippen MR) is 176 cm³/mol. The van der Waals surface area contributed by atoms with Crippen molar-refractivity contribution in [1.82, 2.24) is 4.90 Å². The zero-order chi connectivity index (χ0) is 30.5. The lowest BCUT2D eigenvalue weighted by atomic mass is 9.99. The Labute approximate surface area is 260 Å². The van der Waals surface area contributed by atoms with Crippen molar-refractivity contribution in [3.05, 3.63) is 83.4 Å². The first kappa shape index (κ1) is 30.1. The molecule has 3 aromatic carbocycles. The number of fused-ring (bicyclic) bond motifs is 1. The minimum Gasteiger partial charge on any atom is -0.381 e. The molecule has 8 heteroatoms. The van der Waals surface area contributed by atoms with Gasteiger partial charge < -0.3 is 24.6 Å². The highest BCUT2D eigenvalue weighted by Crippen LogP contribution is 2.33.